The van der Waals surface area contributed by atoms with E-state index in [1.54, 1.807) is 0 Å². The lowest BCUT2D eigenvalue weighted by Crippen LogP contribution is -2.62. The monoisotopic (exact) mass is 240 g/mol. The predicted octanol–water partition coefficient (Wildman–Crippen LogP) is 1.10. The number of carboxylic acids is 1. The molecule has 5 heteroatoms. The van der Waals surface area contributed by atoms with Crippen molar-refractivity contribution in [3.63, 3.8) is 0 Å². The van der Waals surface area contributed by atoms with Gasteiger partial charge in [-0.25, -0.2) is 4.79 Å². The molecule has 5 nitrogen and oxygen atoms in total. The molecule has 0 aromatic carbocycles. The molecule has 1 aliphatic heterocycles. The van der Waals surface area contributed by atoms with Crippen LogP contribution in [0.3, 0.4) is 0 Å². The van der Waals surface area contributed by atoms with Crippen molar-refractivity contribution in [2.24, 2.45) is 5.41 Å². The SMILES string of the molecule is CC(C)(C#N)CCN1CC(C)(OCC(=O)O)C1. The van der Waals surface area contributed by atoms with Crippen LogP contribution in [0.1, 0.15) is 27.2 Å². The minimum absolute atomic E-state index is 0.242. The summed E-state index contributed by atoms with van der Waals surface area (Å²) >= 11 is 0. The average molecular weight is 240 g/mol. The molecule has 1 rings (SSSR count). The smallest absolute Gasteiger partial charge is 0.329 e. The Kier molecular flexibility index (Phi) is 4.12. The van der Waals surface area contributed by atoms with E-state index < -0.39 is 5.97 Å². The topological polar surface area (TPSA) is 73.6 Å². The number of hydrogen-bond donors (Lipinski definition) is 1. The van der Waals surface area contributed by atoms with Crippen molar-refractivity contribution in [3.8, 4) is 6.07 Å². The van der Waals surface area contributed by atoms with E-state index in [0.29, 0.717) is 0 Å². The van der Waals surface area contributed by atoms with Crippen LogP contribution in [0.4, 0.5) is 0 Å². The Morgan fingerprint density at radius 1 is 1.59 bits per heavy atom. The highest BCUT2D eigenvalue weighted by Crippen LogP contribution is 2.27. The Bertz CT molecular complexity index is 327. The van der Waals surface area contributed by atoms with E-state index in [1.807, 2.05) is 20.8 Å². The number of hydrogen-bond acceptors (Lipinski definition) is 4. The Balaban J connectivity index is 2.23. The molecule has 0 aromatic rings. The number of nitrogens with zero attached hydrogens (tertiary/aromatic N) is 2. The zero-order valence-corrected chi connectivity index (χ0v) is 10.7. The van der Waals surface area contributed by atoms with E-state index in [-0.39, 0.29) is 17.6 Å². The van der Waals surface area contributed by atoms with Crippen LogP contribution in [0.5, 0.6) is 0 Å². The van der Waals surface area contributed by atoms with Gasteiger partial charge >= 0.3 is 5.97 Å². The van der Waals surface area contributed by atoms with Gasteiger partial charge in [-0.3, -0.25) is 4.90 Å². The van der Waals surface area contributed by atoms with E-state index in [4.69, 9.17) is 15.1 Å². The van der Waals surface area contributed by atoms with E-state index in [2.05, 4.69) is 11.0 Å². The van der Waals surface area contributed by atoms with Crippen LogP contribution in [0.2, 0.25) is 0 Å². The van der Waals surface area contributed by atoms with Crippen molar-refractivity contribution >= 4 is 5.97 Å². The first-order chi connectivity index (χ1) is 7.76. The molecular weight excluding hydrogens is 220 g/mol. The molecule has 1 saturated heterocycles. The summed E-state index contributed by atoms with van der Waals surface area (Å²) in [5, 5.41) is 17.4. The van der Waals surface area contributed by atoms with Gasteiger partial charge < -0.3 is 9.84 Å². The van der Waals surface area contributed by atoms with Crippen LogP contribution in [0, 0.1) is 16.7 Å². The molecule has 0 unspecified atom stereocenters. The minimum Gasteiger partial charge on any atom is -0.480 e. The molecule has 0 spiro atoms. The number of rotatable bonds is 6. The van der Waals surface area contributed by atoms with Crippen molar-refractivity contribution in [2.45, 2.75) is 32.8 Å². The molecule has 0 saturated carbocycles. The fraction of sp³-hybridized carbons (Fsp3) is 0.833. The molecule has 17 heavy (non-hydrogen) atoms. The molecule has 96 valence electrons. The van der Waals surface area contributed by atoms with Crippen LogP contribution >= 0.6 is 0 Å². The lowest BCUT2D eigenvalue weighted by Gasteiger charge is -2.47. The van der Waals surface area contributed by atoms with Crippen molar-refractivity contribution in [3.05, 3.63) is 0 Å². The first kappa shape index (κ1) is 13.9. The molecule has 1 N–H and O–H groups in total. The third kappa shape index (κ3) is 4.33. The standard InChI is InChI=1S/C12H20N2O3/c1-11(2,7-13)4-5-14-8-12(3,9-14)17-6-10(15)16/h4-6,8-9H2,1-3H3,(H,15,16). The van der Waals surface area contributed by atoms with Crippen LogP contribution in [-0.4, -0.2) is 47.8 Å². The minimum atomic E-state index is -0.935. The maximum absolute atomic E-state index is 10.4. The van der Waals surface area contributed by atoms with Gasteiger partial charge in [-0.05, 0) is 33.7 Å². The van der Waals surface area contributed by atoms with Crippen LogP contribution in [0.25, 0.3) is 0 Å². The molecule has 0 radical (unpaired) electrons. The van der Waals surface area contributed by atoms with Crippen LogP contribution < -0.4 is 0 Å². The zero-order valence-electron chi connectivity index (χ0n) is 10.7. The molecule has 1 heterocycles. The second-order valence-corrected chi connectivity index (χ2v) is 5.59. The number of nitriles is 1. The molecule has 1 fully saturated rings. The van der Waals surface area contributed by atoms with E-state index >= 15 is 0 Å². The molecular formula is C12H20N2O3. The normalized spacial score (nSPS) is 19.4. The number of carbonyl (C=O) groups is 1. The third-order valence-corrected chi connectivity index (χ3v) is 3.02. The maximum atomic E-state index is 10.4. The predicted molar refractivity (Wildman–Crippen MR) is 62.4 cm³/mol. The van der Waals surface area contributed by atoms with Crippen LogP contribution in [-0.2, 0) is 9.53 Å². The molecule has 0 bridgehead atoms. The summed E-state index contributed by atoms with van der Waals surface area (Å²) in [6.45, 7) is 7.85. The molecule has 0 aromatic heterocycles. The quantitative estimate of drug-likeness (QED) is 0.752. The summed E-state index contributed by atoms with van der Waals surface area (Å²) in [6, 6.07) is 2.27. The fourth-order valence-corrected chi connectivity index (χ4v) is 1.88. The van der Waals surface area contributed by atoms with E-state index in [0.717, 1.165) is 26.1 Å². The van der Waals surface area contributed by atoms with Gasteiger partial charge in [-0.15, -0.1) is 0 Å². The van der Waals surface area contributed by atoms with Crippen molar-refractivity contribution in [1.82, 2.24) is 4.90 Å². The molecule has 1 aliphatic rings. The lowest BCUT2D eigenvalue weighted by molar-refractivity contribution is -0.165. The van der Waals surface area contributed by atoms with Crippen molar-refractivity contribution < 1.29 is 14.6 Å². The average Bonchev–Trinajstić information content (AvgIpc) is 2.20. The summed E-state index contributed by atoms with van der Waals surface area (Å²) in [5.74, 6) is -0.935. The Labute approximate surface area is 102 Å². The van der Waals surface area contributed by atoms with Gasteiger partial charge in [0.2, 0.25) is 0 Å². The summed E-state index contributed by atoms with van der Waals surface area (Å²) < 4.78 is 5.31. The van der Waals surface area contributed by atoms with Crippen molar-refractivity contribution in [2.75, 3.05) is 26.2 Å². The second-order valence-electron chi connectivity index (χ2n) is 5.59. The van der Waals surface area contributed by atoms with Gasteiger partial charge in [0.1, 0.15) is 6.61 Å². The Morgan fingerprint density at radius 3 is 2.65 bits per heavy atom. The molecule has 0 aliphatic carbocycles. The number of likely N-dealkylation sites (tertiary alicyclic amines) is 1. The number of carboxylic acid groups (broad SMARTS) is 1. The lowest BCUT2D eigenvalue weighted by atomic mass is 9.89. The fourth-order valence-electron chi connectivity index (χ4n) is 1.88. The largest absolute Gasteiger partial charge is 0.480 e. The summed E-state index contributed by atoms with van der Waals surface area (Å²) in [7, 11) is 0. The first-order valence-electron chi connectivity index (χ1n) is 5.76. The summed E-state index contributed by atoms with van der Waals surface area (Å²) in [6.07, 6.45) is 0.818. The Hall–Kier alpha value is -1.12. The van der Waals surface area contributed by atoms with Crippen LogP contribution in [0.15, 0.2) is 0 Å². The van der Waals surface area contributed by atoms with Crippen molar-refractivity contribution in [1.29, 1.82) is 5.26 Å². The van der Waals surface area contributed by atoms with Gasteiger partial charge in [0.15, 0.2) is 0 Å². The number of aliphatic carboxylic acids is 1. The number of ether oxygens (including phenoxy) is 1. The highest BCUT2D eigenvalue weighted by Gasteiger charge is 2.40. The second kappa shape index (κ2) is 5.03. The summed E-state index contributed by atoms with van der Waals surface area (Å²) in [5.41, 5.74) is -0.636. The van der Waals surface area contributed by atoms with Gasteiger partial charge in [0, 0.05) is 13.1 Å². The van der Waals surface area contributed by atoms with Gasteiger partial charge in [0.05, 0.1) is 17.1 Å². The molecule has 0 amide bonds. The zero-order chi connectivity index (χ0) is 13.1. The Morgan fingerprint density at radius 2 is 2.18 bits per heavy atom. The maximum Gasteiger partial charge on any atom is 0.329 e. The highest BCUT2D eigenvalue weighted by molar-refractivity contribution is 5.68. The summed E-state index contributed by atoms with van der Waals surface area (Å²) in [4.78, 5) is 12.6. The van der Waals surface area contributed by atoms with E-state index in [9.17, 15) is 4.79 Å². The first-order valence-corrected chi connectivity index (χ1v) is 5.76. The van der Waals surface area contributed by atoms with Gasteiger partial charge in [0.25, 0.3) is 0 Å². The molecule has 0 atom stereocenters. The highest BCUT2D eigenvalue weighted by atomic mass is 16.5. The van der Waals surface area contributed by atoms with Gasteiger partial charge in [-0.2, -0.15) is 5.26 Å². The van der Waals surface area contributed by atoms with Gasteiger partial charge in [-0.1, -0.05) is 0 Å². The third-order valence-electron chi connectivity index (χ3n) is 3.02. The van der Waals surface area contributed by atoms with E-state index in [1.165, 1.54) is 0 Å².